The maximum absolute atomic E-state index is 13.9. The quantitative estimate of drug-likeness (QED) is 0.662. The first-order chi connectivity index (χ1) is 13.8. The van der Waals surface area contributed by atoms with E-state index in [-0.39, 0.29) is 24.0 Å². The third-order valence-electron chi connectivity index (χ3n) is 7.14. The van der Waals surface area contributed by atoms with Crippen LogP contribution >= 0.6 is 11.6 Å². The summed E-state index contributed by atoms with van der Waals surface area (Å²) in [5.41, 5.74) is -0.538. The van der Waals surface area contributed by atoms with E-state index in [0.717, 1.165) is 62.6 Å². The second-order valence-electron chi connectivity index (χ2n) is 9.63. The standard InChI is InChI=1S/C24H39ClN2O2/c1-5-6-21-16-24(11-14-29-21,26-22-8-7-20(25)15-18(22)4)23(28)27-12-9-19(10-13-27)17(2)3/h7-8,15,17-19,21-22,26H,5-6,9-14,16H2,1-4H3. The third-order valence-corrected chi connectivity index (χ3v) is 7.39. The number of piperidine rings is 1. The lowest BCUT2D eigenvalue weighted by atomic mass is 9.80. The van der Waals surface area contributed by atoms with Crippen LogP contribution in [0, 0.1) is 17.8 Å². The van der Waals surface area contributed by atoms with E-state index in [4.69, 9.17) is 16.3 Å². The lowest BCUT2D eigenvalue weighted by molar-refractivity contribution is -0.148. The fourth-order valence-corrected chi connectivity index (χ4v) is 5.47. The molecule has 0 saturated carbocycles. The van der Waals surface area contributed by atoms with Crippen LogP contribution in [0.15, 0.2) is 23.3 Å². The van der Waals surface area contributed by atoms with Gasteiger partial charge in [-0.15, -0.1) is 0 Å². The molecule has 164 valence electrons. The minimum Gasteiger partial charge on any atom is -0.378 e. The highest BCUT2D eigenvalue weighted by molar-refractivity contribution is 6.31. The molecule has 4 nitrogen and oxygen atoms in total. The molecule has 0 spiro atoms. The molecule has 1 amide bonds. The van der Waals surface area contributed by atoms with Gasteiger partial charge in [0.25, 0.3) is 0 Å². The smallest absolute Gasteiger partial charge is 0.243 e. The molecule has 0 aromatic carbocycles. The molecule has 4 atom stereocenters. The molecule has 29 heavy (non-hydrogen) atoms. The lowest BCUT2D eigenvalue weighted by Crippen LogP contribution is -2.65. The second kappa shape index (κ2) is 9.98. The number of amides is 1. The molecule has 5 heteroatoms. The number of hydrogen-bond donors (Lipinski definition) is 1. The van der Waals surface area contributed by atoms with E-state index in [1.165, 1.54) is 0 Å². The van der Waals surface area contributed by atoms with Crippen LogP contribution in [0.2, 0.25) is 0 Å². The number of nitrogens with one attached hydrogen (secondary N) is 1. The van der Waals surface area contributed by atoms with Crippen LogP contribution in [0.25, 0.3) is 0 Å². The van der Waals surface area contributed by atoms with Gasteiger partial charge in [-0.05, 0) is 49.5 Å². The summed E-state index contributed by atoms with van der Waals surface area (Å²) in [5, 5.41) is 4.58. The number of likely N-dealkylation sites (tertiary alicyclic amines) is 1. The molecule has 1 aliphatic carbocycles. The molecule has 3 aliphatic rings. The van der Waals surface area contributed by atoms with Crippen molar-refractivity contribution in [2.24, 2.45) is 17.8 Å². The van der Waals surface area contributed by atoms with Crippen molar-refractivity contribution in [3.63, 3.8) is 0 Å². The van der Waals surface area contributed by atoms with E-state index in [0.29, 0.717) is 12.5 Å². The number of halogens is 1. The van der Waals surface area contributed by atoms with Crippen molar-refractivity contribution in [2.75, 3.05) is 19.7 Å². The predicted octanol–water partition coefficient (Wildman–Crippen LogP) is 4.89. The van der Waals surface area contributed by atoms with Crippen molar-refractivity contribution in [1.82, 2.24) is 10.2 Å². The molecule has 4 unspecified atom stereocenters. The fraction of sp³-hybridized carbons (Fsp3) is 0.792. The molecule has 0 bridgehead atoms. The van der Waals surface area contributed by atoms with Crippen LogP contribution in [-0.2, 0) is 9.53 Å². The van der Waals surface area contributed by atoms with E-state index in [9.17, 15) is 4.79 Å². The molecular formula is C24H39ClN2O2. The number of hydrogen-bond acceptors (Lipinski definition) is 3. The highest BCUT2D eigenvalue weighted by Gasteiger charge is 2.47. The minimum atomic E-state index is -0.538. The zero-order valence-electron chi connectivity index (χ0n) is 18.6. The lowest BCUT2D eigenvalue weighted by Gasteiger charge is -2.47. The van der Waals surface area contributed by atoms with Crippen molar-refractivity contribution in [3.05, 3.63) is 23.3 Å². The summed E-state index contributed by atoms with van der Waals surface area (Å²) >= 11 is 6.19. The predicted molar refractivity (Wildman–Crippen MR) is 120 cm³/mol. The van der Waals surface area contributed by atoms with Crippen LogP contribution < -0.4 is 5.32 Å². The Hall–Kier alpha value is -0.840. The first-order valence-electron chi connectivity index (χ1n) is 11.6. The molecular weight excluding hydrogens is 384 g/mol. The Bertz CT molecular complexity index is 622. The number of nitrogens with zero attached hydrogens (tertiary/aromatic N) is 1. The SMILES string of the molecule is CCCC1CC(NC2C=CC(Cl)=CC2C)(C(=O)N2CCC(C(C)C)CC2)CCO1. The summed E-state index contributed by atoms with van der Waals surface area (Å²) in [5.74, 6) is 1.97. The molecule has 2 aliphatic heterocycles. The molecule has 0 aromatic rings. The summed E-state index contributed by atoms with van der Waals surface area (Å²) in [6.07, 6.45) is 12.1. The van der Waals surface area contributed by atoms with Crippen molar-refractivity contribution in [2.45, 2.75) is 83.9 Å². The van der Waals surface area contributed by atoms with E-state index in [1.807, 2.05) is 6.08 Å². The van der Waals surface area contributed by atoms with Gasteiger partial charge < -0.3 is 9.64 Å². The van der Waals surface area contributed by atoms with Gasteiger partial charge in [0.15, 0.2) is 0 Å². The fourth-order valence-electron chi connectivity index (χ4n) is 5.20. The van der Waals surface area contributed by atoms with Gasteiger partial charge in [0.2, 0.25) is 5.91 Å². The average molecular weight is 423 g/mol. The Labute approximate surface area is 182 Å². The van der Waals surface area contributed by atoms with Crippen molar-refractivity contribution < 1.29 is 9.53 Å². The zero-order chi connectivity index (χ0) is 21.0. The first kappa shape index (κ1) is 22.8. The summed E-state index contributed by atoms with van der Waals surface area (Å²) in [7, 11) is 0. The van der Waals surface area contributed by atoms with Gasteiger partial charge in [0.05, 0.1) is 6.10 Å². The normalized spacial score (nSPS) is 33.8. The largest absolute Gasteiger partial charge is 0.378 e. The van der Waals surface area contributed by atoms with Gasteiger partial charge in [0, 0.05) is 37.2 Å². The second-order valence-corrected chi connectivity index (χ2v) is 10.1. The van der Waals surface area contributed by atoms with Crippen LogP contribution in [0.1, 0.15) is 66.2 Å². The molecule has 1 N–H and O–H groups in total. The summed E-state index contributed by atoms with van der Waals surface area (Å²) in [4.78, 5) is 16.0. The topological polar surface area (TPSA) is 41.6 Å². The number of ether oxygens (including phenoxy) is 1. The molecule has 0 radical (unpaired) electrons. The van der Waals surface area contributed by atoms with Gasteiger partial charge in [-0.3, -0.25) is 10.1 Å². The number of carbonyl (C=O) groups excluding carboxylic acids is 1. The van der Waals surface area contributed by atoms with Crippen LogP contribution in [0.4, 0.5) is 0 Å². The third kappa shape index (κ3) is 5.45. The maximum Gasteiger partial charge on any atom is 0.243 e. The van der Waals surface area contributed by atoms with Gasteiger partial charge in [-0.25, -0.2) is 0 Å². The Balaban J connectivity index is 1.77. The number of carbonyl (C=O) groups is 1. The van der Waals surface area contributed by atoms with E-state index < -0.39 is 5.54 Å². The molecule has 2 fully saturated rings. The summed E-state index contributed by atoms with van der Waals surface area (Å²) in [6.45, 7) is 11.4. The average Bonchev–Trinajstić information content (AvgIpc) is 2.70. The number of allylic oxidation sites excluding steroid dienone is 2. The Morgan fingerprint density at radius 3 is 2.72 bits per heavy atom. The maximum atomic E-state index is 13.9. The van der Waals surface area contributed by atoms with E-state index in [1.54, 1.807) is 0 Å². The van der Waals surface area contributed by atoms with Gasteiger partial charge in [-0.2, -0.15) is 0 Å². The minimum absolute atomic E-state index is 0.120. The first-order valence-corrected chi connectivity index (χ1v) is 12.0. The van der Waals surface area contributed by atoms with E-state index >= 15 is 0 Å². The number of rotatable bonds is 6. The van der Waals surface area contributed by atoms with Crippen LogP contribution in [-0.4, -0.2) is 48.2 Å². The molecule has 0 aromatic heterocycles. The van der Waals surface area contributed by atoms with Crippen molar-refractivity contribution >= 4 is 17.5 Å². The Morgan fingerprint density at radius 2 is 2.10 bits per heavy atom. The Morgan fingerprint density at radius 1 is 1.38 bits per heavy atom. The van der Waals surface area contributed by atoms with Gasteiger partial charge in [0.1, 0.15) is 5.54 Å². The molecule has 3 rings (SSSR count). The van der Waals surface area contributed by atoms with Crippen molar-refractivity contribution in [1.29, 1.82) is 0 Å². The summed E-state index contributed by atoms with van der Waals surface area (Å²) < 4.78 is 6.03. The molecule has 2 heterocycles. The monoisotopic (exact) mass is 422 g/mol. The zero-order valence-corrected chi connectivity index (χ0v) is 19.4. The van der Waals surface area contributed by atoms with Crippen LogP contribution in [0.3, 0.4) is 0 Å². The van der Waals surface area contributed by atoms with Gasteiger partial charge in [-0.1, -0.05) is 57.9 Å². The Kier molecular flexibility index (Phi) is 7.86. The summed E-state index contributed by atoms with van der Waals surface area (Å²) in [6, 6.07) is 0.120. The van der Waals surface area contributed by atoms with Crippen molar-refractivity contribution in [3.8, 4) is 0 Å². The highest BCUT2D eigenvalue weighted by Crippen LogP contribution is 2.34. The van der Waals surface area contributed by atoms with Gasteiger partial charge >= 0.3 is 0 Å². The highest BCUT2D eigenvalue weighted by atomic mass is 35.5. The molecule has 2 saturated heterocycles. The van der Waals surface area contributed by atoms with Crippen LogP contribution in [0.5, 0.6) is 0 Å². The van der Waals surface area contributed by atoms with E-state index in [2.05, 4.69) is 50.1 Å².